The molecule has 0 atom stereocenters. The minimum Gasteiger partial charge on any atom is -0.441 e. The van der Waals surface area contributed by atoms with Crippen LogP contribution in [-0.4, -0.2) is 10.5 Å². The minimum atomic E-state index is -0.0765. The standard InChI is InChI=1S/C14H20N2O/c1-10-16-12-7-6-11(9-13(12)17-10)5-4-8-14(2,3)15/h6-7,9H,4-5,8,15H2,1-3H3. The van der Waals surface area contributed by atoms with Gasteiger partial charge in [0.1, 0.15) is 5.52 Å². The first kappa shape index (κ1) is 12.1. The second-order valence-electron chi connectivity index (χ2n) is 5.38. The van der Waals surface area contributed by atoms with Gasteiger partial charge < -0.3 is 10.2 Å². The predicted octanol–water partition coefficient (Wildman–Crippen LogP) is 3.20. The molecule has 0 aliphatic heterocycles. The fraction of sp³-hybridized carbons (Fsp3) is 0.500. The van der Waals surface area contributed by atoms with Gasteiger partial charge in [-0.15, -0.1) is 0 Å². The zero-order valence-electron chi connectivity index (χ0n) is 10.8. The molecule has 3 nitrogen and oxygen atoms in total. The third-order valence-corrected chi connectivity index (χ3v) is 2.85. The van der Waals surface area contributed by atoms with Crippen molar-refractivity contribution in [2.24, 2.45) is 5.73 Å². The molecule has 2 aromatic rings. The Morgan fingerprint density at radius 2 is 2.12 bits per heavy atom. The Hall–Kier alpha value is -1.35. The van der Waals surface area contributed by atoms with Gasteiger partial charge in [0.25, 0.3) is 0 Å². The first-order chi connectivity index (χ1) is 7.94. The Bertz CT molecular complexity index is 508. The summed E-state index contributed by atoms with van der Waals surface area (Å²) in [6.45, 7) is 6.00. The molecule has 0 amide bonds. The molecule has 2 rings (SSSR count). The van der Waals surface area contributed by atoms with Gasteiger partial charge in [0.15, 0.2) is 11.5 Å². The maximum absolute atomic E-state index is 5.96. The van der Waals surface area contributed by atoms with Gasteiger partial charge in [0.05, 0.1) is 0 Å². The summed E-state index contributed by atoms with van der Waals surface area (Å²) in [6, 6.07) is 6.22. The summed E-state index contributed by atoms with van der Waals surface area (Å²) in [5, 5.41) is 0. The van der Waals surface area contributed by atoms with Crippen molar-refractivity contribution in [1.29, 1.82) is 0 Å². The zero-order valence-corrected chi connectivity index (χ0v) is 10.8. The van der Waals surface area contributed by atoms with Gasteiger partial charge in [0, 0.05) is 12.5 Å². The van der Waals surface area contributed by atoms with E-state index >= 15 is 0 Å². The van der Waals surface area contributed by atoms with Crippen LogP contribution in [0.15, 0.2) is 22.6 Å². The van der Waals surface area contributed by atoms with Crippen molar-refractivity contribution >= 4 is 11.1 Å². The molecule has 0 aliphatic rings. The fourth-order valence-corrected chi connectivity index (χ4v) is 1.99. The minimum absolute atomic E-state index is 0.0765. The lowest BCUT2D eigenvalue weighted by molar-refractivity contribution is 0.459. The van der Waals surface area contributed by atoms with Gasteiger partial charge in [0.2, 0.25) is 0 Å². The van der Waals surface area contributed by atoms with Crippen LogP contribution >= 0.6 is 0 Å². The van der Waals surface area contributed by atoms with E-state index in [1.165, 1.54) is 5.56 Å². The molecular formula is C14H20N2O. The smallest absolute Gasteiger partial charge is 0.192 e. The Morgan fingerprint density at radius 3 is 2.82 bits per heavy atom. The summed E-state index contributed by atoms with van der Waals surface area (Å²) in [5.74, 6) is 0.722. The summed E-state index contributed by atoms with van der Waals surface area (Å²) < 4.78 is 5.52. The van der Waals surface area contributed by atoms with Crippen LogP contribution in [0, 0.1) is 6.92 Å². The lowest BCUT2D eigenvalue weighted by Crippen LogP contribution is -2.31. The third kappa shape index (κ3) is 3.30. The SMILES string of the molecule is Cc1nc2ccc(CCCC(C)(C)N)cc2o1. The van der Waals surface area contributed by atoms with Crippen molar-refractivity contribution in [2.75, 3.05) is 0 Å². The molecule has 0 aliphatic carbocycles. The molecule has 0 unspecified atom stereocenters. The van der Waals surface area contributed by atoms with Crippen LogP contribution in [0.5, 0.6) is 0 Å². The monoisotopic (exact) mass is 232 g/mol. The van der Waals surface area contributed by atoms with Crippen LogP contribution in [0.2, 0.25) is 0 Å². The summed E-state index contributed by atoms with van der Waals surface area (Å²) >= 11 is 0. The number of fused-ring (bicyclic) bond motifs is 1. The topological polar surface area (TPSA) is 52.0 Å². The number of hydrogen-bond donors (Lipinski definition) is 1. The van der Waals surface area contributed by atoms with Crippen LogP contribution in [-0.2, 0) is 6.42 Å². The molecule has 0 fully saturated rings. The van der Waals surface area contributed by atoms with Gasteiger partial charge in [-0.3, -0.25) is 0 Å². The highest BCUT2D eigenvalue weighted by Crippen LogP contribution is 2.19. The molecule has 1 aromatic heterocycles. The molecule has 2 N–H and O–H groups in total. The van der Waals surface area contributed by atoms with E-state index in [0.29, 0.717) is 0 Å². The molecule has 1 aromatic carbocycles. The number of aryl methyl sites for hydroxylation is 2. The van der Waals surface area contributed by atoms with E-state index in [4.69, 9.17) is 10.2 Å². The molecular weight excluding hydrogens is 212 g/mol. The Balaban J connectivity index is 2.04. The molecule has 17 heavy (non-hydrogen) atoms. The second kappa shape index (κ2) is 4.49. The largest absolute Gasteiger partial charge is 0.441 e. The number of nitrogens with two attached hydrogens (primary N) is 1. The molecule has 0 bridgehead atoms. The maximum Gasteiger partial charge on any atom is 0.192 e. The summed E-state index contributed by atoms with van der Waals surface area (Å²) in [6.07, 6.45) is 3.17. The van der Waals surface area contributed by atoms with Crippen LogP contribution in [0.1, 0.15) is 38.1 Å². The average Bonchev–Trinajstić information content (AvgIpc) is 2.55. The van der Waals surface area contributed by atoms with Gasteiger partial charge in [-0.25, -0.2) is 4.98 Å². The van der Waals surface area contributed by atoms with Crippen LogP contribution < -0.4 is 5.73 Å². The van der Waals surface area contributed by atoms with Crippen molar-refractivity contribution in [3.8, 4) is 0 Å². The molecule has 3 heteroatoms. The highest BCUT2D eigenvalue weighted by molar-refractivity contribution is 5.73. The first-order valence-electron chi connectivity index (χ1n) is 6.09. The molecule has 0 saturated carbocycles. The van der Waals surface area contributed by atoms with Crippen molar-refractivity contribution < 1.29 is 4.42 Å². The quantitative estimate of drug-likeness (QED) is 0.880. The van der Waals surface area contributed by atoms with Crippen LogP contribution in [0.4, 0.5) is 0 Å². The zero-order chi connectivity index (χ0) is 12.5. The molecule has 0 spiro atoms. The fourth-order valence-electron chi connectivity index (χ4n) is 1.99. The Labute approximate surface area is 102 Å². The molecule has 1 heterocycles. The average molecular weight is 232 g/mol. The lowest BCUT2D eigenvalue weighted by atomic mass is 9.97. The summed E-state index contributed by atoms with van der Waals surface area (Å²) in [7, 11) is 0. The maximum atomic E-state index is 5.96. The Morgan fingerprint density at radius 1 is 1.35 bits per heavy atom. The number of oxazole rings is 1. The molecule has 0 radical (unpaired) electrons. The van der Waals surface area contributed by atoms with Gasteiger partial charge in [-0.05, 0) is 50.8 Å². The lowest BCUT2D eigenvalue weighted by Gasteiger charge is -2.17. The number of hydrogen-bond acceptors (Lipinski definition) is 3. The van der Waals surface area contributed by atoms with Crippen LogP contribution in [0.25, 0.3) is 11.1 Å². The highest BCUT2D eigenvalue weighted by Gasteiger charge is 2.10. The number of benzene rings is 1. The molecule has 92 valence electrons. The van der Waals surface area contributed by atoms with E-state index in [1.54, 1.807) is 0 Å². The second-order valence-corrected chi connectivity index (χ2v) is 5.38. The van der Waals surface area contributed by atoms with Crippen molar-refractivity contribution in [1.82, 2.24) is 4.98 Å². The number of nitrogens with zero attached hydrogens (tertiary/aromatic N) is 1. The highest BCUT2D eigenvalue weighted by atomic mass is 16.3. The van der Waals surface area contributed by atoms with Crippen LogP contribution in [0.3, 0.4) is 0 Å². The summed E-state index contributed by atoms with van der Waals surface area (Å²) in [5.41, 5.74) is 9.00. The van der Waals surface area contributed by atoms with Crippen molar-refractivity contribution in [2.45, 2.75) is 45.6 Å². The van der Waals surface area contributed by atoms with E-state index in [2.05, 4.69) is 31.0 Å². The summed E-state index contributed by atoms with van der Waals surface area (Å²) in [4.78, 5) is 4.29. The van der Waals surface area contributed by atoms with E-state index in [9.17, 15) is 0 Å². The van der Waals surface area contributed by atoms with Crippen molar-refractivity contribution in [3.63, 3.8) is 0 Å². The number of rotatable bonds is 4. The molecule has 0 saturated heterocycles. The van der Waals surface area contributed by atoms with Gasteiger partial charge >= 0.3 is 0 Å². The van der Waals surface area contributed by atoms with Crippen molar-refractivity contribution in [3.05, 3.63) is 29.7 Å². The third-order valence-electron chi connectivity index (χ3n) is 2.85. The van der Waals surface area contributed by atoms with E-state index in [-0.39, 0.29) is 5.54 Å². The Kier molecular flexibility index (Phi) is 3.20. The first-order valence-corrected chi connectivity index (χ1v) is 6.09. The van der Waals surface area contributed by atoms with E-state index < -0.39 is 0 Å². The normalized spacial score (nSPS) is 12.2. The van der Waals surface area contributed by atoms with E-state index in [0.717, 1.165) is 36.3 Å². The predicted molar refractivity (Wildman–Crippen MR) is 70.0 cm³/mol. The number of aromatic nitrogens is 1. The van der Waals surface area contributed by atoms with Gasteiger partial charge in [-0.2, -0.15) is 0 Å². The van der Waals surface area contributed by atoms with E-state index in [1.807, 2.05) is 13.0 Å². The van der Waals surface area contributed by atoms with Gasteiger partial charge in [-0.1, -0.05) is 6.07 Å².